The Morgan fingerprint density at radius 3 is 2.15 bits per heavy atom. The highest BCUT2D eigenvalue weighted by atomic mass is 16.5. The molecule has 0 spiro atoms. The van der Waals surface area contributed by atoms with Crippen molar-refractivity contribution in [3.8, 4) is 5.75 Å². The molecule has 0 aliphatic heterocycles. The van der Waals surface area contributed by atoms with Crippen LogP contribution in [0, 0.1) is 5.92 Å². The van der Waals surface area contributed by atoms with Gasteiger partial charge in [-0.2, -0.15) is 0 Å². The third kappa shape index (κ3) is 8.15. The van der Waals surface area contributed by atoms with Crippen LogP contribution < -0.4 is 4.74 Å². The summed E-state index contributed by atoms with van der Waals surface area (Å²) in [5, 5.41) is 14.0. The fourth-order valence-corrected chi connectivity index (χ4v) is 1.81. The molecule has 0 radical (unpaired) electrons. The fraction of sp³-hybridized carbons (Fsp3) is 0.625. The molecule has 1 aromatic carbocycles. The zero-order chi connectivity index (χ0) is 16.0. The van der Waals surface area contributed by atoms with E-state index in [1.54, 1.807) is 14.2 Å². The molecule has 1 aromatic rings. The van der Waals surface area contributed by atoms with Crippen molar-refractivity contribution < 1.29 is 19.7 Å². The van der Waals surface area contributed by atoms with E-state index in [2.05, 4.69) is 26.0 Å². The maximum Gasteiger partial charge on any atom is 0.119 e. The van der Waals surface area contributed by atoms with Gasteiger partial charge in [0, 0.05) is 21.3 Å². The molecule has 0 aromatic heterocycles. The molecule has 2 atom stereocenters. The highest BCUT2D eigenvalue weighted by Crippen LogP contribution is 2.19. The van der Waals surface area contributed by atoms with Gasteiger partial charge in [-0.1, -0.05) is 32.4 Å². The van der Waals surface area contributed by atoms with Crippen LogP contribution in [-0.2, 0) is 11.2 Å². The predicted molar refractivity (Wildman–Crippen MR) is 83.2 cm³/mol. The molecule has 0 saturated heterocycles. The third-order valence-electron chi connectivity index (χ3n) is 3.15. The summed E-state index contributed by atoms with van der Waals surface area (Å²) in [5.74, 6) is 1.49. The number of hydrogen-bond acceptors (Lipinski definition) is 4. The molecule has 2 N–H and O–H groups in total. The van der Waals surface area contributed by atoms with E-state index >= 15 is 0 Å². The first-order valence-electron chi connectivity index (χ1n) is 6.76. The average molecular weight is 286 g/mol. The van der Waals surface area contributed by atoms with Crippen LogP contribution in [0.15, 0.2) is 24.3 Å². The SMILES string of the molecule is CC[C@@H](C)[C@@H](Cc1cccc(OC)c1)OC.CO.CO. The first kappa shape index (κ1) is 21.2. The largest absolute Gasteiger partial charge is 0.497 e. The van der Waals surface area contributed by atoms with Gasteiger partial charge in [0.15, 0.2) is 0 Å². The zero-order valence-corrected chi connectivity index (χ0v) is 13.6. The number of aliphatic hydroxyl groups is 2. The molecular formula is C16H30O4. The molecule has 0 amide bonds. The molecule has 1 rings (SSSR count). The number of ether oxygens (including phenoxy) is 2. The van der Waals surface area contributed by atoms with Crippen LogP contribution in [0.25, 0.3) is 0 Å². The Morgan fingerprint density at radius 1 is 1.10 bits per heavy atom. The molecule has 0 fully saturated rings. The molecule has 0 bridgehead atoms. The van der Waals surface area contributed by atoms with Crippen molar-refractivity contribution in [2.24, 2.45) is 5.92 Å². The minimum absolute atomic E-state index is 0.289. The summed E-state index contributed by atoms with van der Waals surface area (Å²) in [6, 6.07) is 8.19. The van der Waals surface area contributed by atoms with Gasteiger partial charge in [-0.15, -0.1) is 0 Å². The fourth-order valence-electron chi connectivity index (χ4n) is 1.81. The van der Waals surface area contributed by atoms with Crippen molar-refractivity contribution in [2.45, 2.75) is 32.8 Å². The Bertz CT molecular complexity index is 315. The van der Waals surface area contributed by atoms with Gasteiger partial charge in [0.1, 0.15) is 5.75 Å². The van der Waals surface area contributed by atoms with Crippen LogP contribution in [0.4, 0.5) is 0 Å². The van der Waals surface area contributed by atoms with Crippen molar-refractivity contribution in [1.29, 1.82) is 0 Å². The van der Waals surface area contributed by atoms with Crippen molar-refractivity contribution in [2.75, 3.05) is 28.4 Å². The summed E-state index contributed by atoms with van der Waals surface area (Å²) in [6.45, 7) is 4.43. The normalized spacial score (nSPS) is 12.2. The van der Waals surface area contributed by atoms with Gasteiger partial charge in [-0.3, -0.25) is 0 Å². The monoisotopic (exact) mass is 286 g/mol. The molecular weight excluding hydrogens is 256 g/mol. The maximum absolute atomic E-state index is 7.00. The number of methoxy groups -OCH3 is 2. The second-order valence-electron chi connectivity index (χ2n) is 4.22. The Kier molecular flexibility index (Phi) is 15.2. The number of rotatable bonds is 6. The van der Waals surface area contributed by atoms with E-state index < -0.39 is 0 Å². The summed E-state index contributed by atoms with van der Waals surface area (Å²) in [5.41, 5.74) is 1.27. The van der Waals surface area contributed by atoms with Gasteiger partial charge in [-0.25, -0.2) is 0 Å². The van der Waals surface area contributed by atoms with Gasteiger partial charge in [0.2, 0.25) is 0 Å². The minimum Gasteiger partial charge on any atom is -0.497 e. The summed E-state index contributed by atoms with van der Waals surface area (Å²) >= 11 is 0. The molecule has 0 aliphatic rings. The van der Waals surface area contributed by atoms with Gasteiger partial charge in [0.25, 0.3) is 0 Å². The van der Waals surface area contributed by atoms with E-state index in [-0.39, 0.29) is 6.10 Å². The minimum atomic E-state index is 0.289. The molecule has 0 saturated carbocycles. The van der Waals surface area contributed by atoms with Crippen LogP contribution in [0.3, 0.4) is 0 Å². The first-order valence-corrected chi connectivity index (χ1v) is 6.76. The topological polar surface area (TPSA) is 58.9 Å². The highest BCUT2D eigenvalue weighted by Gasteiger charge is 2.15. The lowest BCUT2D eigenvalue weighted by Gasteiger charge is -2.21. The van der Waals surface area contributed by atoms with Gasteiger partial charge < -0.3 is 19.7 Å². The lowest BCUT2D eigenvalue weighted by atomic mass is 9.95. The summed E-state index contributed by atoms with van der Waals surface area (Å²) in [6.07, 6.45) is 2.38. The van der Waals surface area contributed by atoms with Crippen molar-refractivity contribution in [1.82, 2.24) is 0 Å². The quantitative estimate of drug-likeness (QED) is 0.843. The van der Waals surface area contributed by atoms with E-state index in [4.69, 9.17) is 19.7 Å². The van der Waals surface area contributed by atoms with Gasteiger partial charge >= 0.3 is 0 Å². The van der Waals surface area contributed by atoms with Crippen LogP contribution >= 0.6 is 0 Å². The van der Waals surface area contributed by atoms with E-state index in [1.807, 2.05) is 12.1 Å². The standard InChI is InChI=1S/C14H22O2.2CH4O/c1-5-11(2)14(16-4)10-12-7-6-8-13(9-12)15-3;2*1-2/h6-9,11,14H,5,10H2,1-4H3;2*2H,1H3/t11-,14-;;/m1../s1. The van der Waals surface area contributed by atoms with E-state index in [9.17, 15) is 0 Å². The van der Waals surface area contributed by atoms with Crippen LogP contribution in [0.1, 0.15) is 25.8 Å². The van der Waals surface area contributed by atoms with E-state index in [0.29, 0.717) is 5.92 Å². The van der Waals surface area contributed by atoms with Crippen LogP contribution in [0.5, 0.6) is 5.75 Å². The Hall–Kier alpha value is -1.10. The predicted octanol–water partition coefficient (Wildman–Crippen LogP) is 2.52. The zero-order valence-electron chi connectivity index (χ0n) is 13.6. The summed E-state index contributed by atoms with van der Waals surface area (Å²) in [7, 11) is 5.48. The molecule has 4 nitrogen and oxygen atoms in total. The van der Waals surface area contributed by atoms with E-state index in [1.165, 1.54) is 5.56 Å². The number of hydrogen-bond donors (Lipinski definition) is 2. The van der Waals surface area contributed by atoms with Crippen LogP contribution in [-0.4, -0.2) is 44.8 Å². The Morgan fingerprint density at radius 2 is 1.70 bits per heavy atom. The Balaban J connectivity index is 0. The lowest BCUT2D eigenvalue weighted by molar-refractivity contribution is 0.0575. The number of aliphatic hydroxyl groups excluding tert-OH is 2. The molecule has 0 aliphatic carbocycles. The molecule has 118 valence electrons. The molecule has 0 unspecified atom stereocenters. The smallest absolute Gasteiger partial charge is 0.119 e. The van der Waals surface area contributed by atoms with Gasteiger partial charge in [-0.05, 0) is 30.0 Å². The first-order chi connectivity index (χ1) is 9.71. The summed E-state index contributed by atoms with van der Waals surface area (Å²) < 4.78 is 10.8. The number of benzene rings is 1. The average Bonchev–Trinajstić information content (AvgIpc) is 2.55. The Labute approximate surface area is 123 Å². The second kappa shape index (κ2) is 14.3. The second-order valence-corrected chi connectivity index (χ2v) is 4.22. The van der Waals surface area contributed by atoms with Crippen molar-refractivity contribution in [3.63, 3.8) is 0 Å². The summed E-state index contributed by atoms with van der Waals surface area (Å²) in [4.78, 5) is 0. The van der Waals surface area contributed by atoms with Gasteiger partial charge in [0.05, 0.1) is 13.2 Å². The van der Waals surface area contributed by atoms with Crippen molar-refractivity contribution in [3.05, 3.63) is 29.8 Å². The molecule has 20 heavy (non-hydrogen) atoms. The van der Waals surface area contributed by atoms with Crippen LogP contribution in [0.2, 0.25) is 0 Å². The lowest BCUT2D eigenvalue weighted by Crippen LogP contribution is -2.22. The van der Waals surface area contributed by atoms with Crippen molar-refractivity contribution >= 4 is 0 Å². The third-order valence-corrected chi connectivity index (χ3v) is 3.15. The molecule has 0 heterocycles. The van der Waals surface area contributed by atoms with E-state index in [0.717, 1.165) is 32.8 Å². The maximum atomic E-state index is 7.00. The highest BCUT2D eigenvalue weighted by molar-refractivity contribution is 5.28. The molecule has 4 heteroatoms.